The summed E-state index contributed by atoms with van der Waals surface area (Å²) in [7, 11) is 0. The van der Waals surface area contributed by atoms with Crippen molar-refractivity contribution >= 4 is 41.1 Å². The first-order valence-electron chi connectivity index (χ1n) is 9.14. The molecule has 0 radical (unpaired) electrons. The molecule has 0 saturated heterocycles. The van der Waals surface area contributed by atoms with Crippen LogP contribution >= 0.6 is 23.2 Å². The summed E-state index contributed by atoms with van der Waals surface area (Å²) in [6.45, 7) is 2.40. The van der Waals surface area contributed by atoms with Gasteiger partial charge in [0.05, 0.1) is 31.6 Å². The Morgan fingerprint density at radius 1 is 1.17 bits per heavy atom. The summed E-state index contributed by atoms with van der Waals surface area (Å²) >= 11 is 12.3. The van der Waals surface area contributed by atoms with Crippen LogP contribution in [0.15, 0.2) is 53.2 Å². The molecule has 1 aromatic carbocycles. The number of aromatic nitrogens is 2. The minimum Gasteiger partial charge on any atom is -0.467 e. The Bertz CT molecular complexity index is 1040. The minimum absolute atomic E-state index is 0.146. The molecule has 2 amide bonds. The summed E-state index contributed by atoms with van der Waals surface area (Å²) in [5.74, 6) is -0.0995. The number of carbonyl (C=O) groups excluding carboxylic acids is 2. The van der Waals surface area contributed by atoms with Crippen LogP contribution in [0.3, 0.4) is 0 Å². The van der Waals surface area contributed by atoms with E-state index in [1.54, 1.807) is 35.0 Å². The van der Waals surface area contributed by atoms with Gasteiger partial charge in [-0.3, -0.25) is 9.59 Å². The molecule has 0 saturated carbocycles. The van der Waals surface area contributed by atoms with Crippen LogP contribution in [0.1, 0.15) is 22.6 Å². The van der Waals surface area contributed by atoms with Gasteiger partial charge in [-0.25, -0.2) is 4.68 Å². The average Bonchev–Trinajstić information content (AvgIpc) is 3.33. The SMILES string of the molecule is Cc1nn(Cc2ccc(Cl)cc2)c(Cl)c1/C=C/C(=O)NCC(=O)NCc1ccco1. The largest absolute Gasteiger partial charge is 0.467 e. The van der Waals surface area contributed by atoms with Gasteiger partial charge in [0, 0.05) is 16.7 Å². The molecule has 2 aromatic heterocycles. The lowest BCUT2D eigenvalue weighted by molar-refractivity contribution is -0.124. The van der Waals surface area contributed by atoms with Crippen LogP contribution in [0.25, 0.3) is 6.08 Å². The van der Waals surface area contributed by atoms with E-state index in [1.165, 1.54) is 12.3 Å². The molecular formula is C21H20Cl2N4O3. The van der Waals surface area contributed by atoms with Crippen molar-refractivity contribution in [3.8, 4) is 0 Å². The maximum Gasteiger partial charge on any atom is 0.244 e. The van der Waals surface area contributed by atoms with E-state index in [4.69, 9.17) is 27.6 Å². The van der Waals surface area contributed by atoms with Crippen LogP contribution in [0, 0.1) is 6.92 Å². The summed E-state index contributed by atoms with van der Waals surface area (Å²) < 4.78 is 6.78. The van der Waals surface area contributed by atoms with Crippen molar-refractivity contribution in [3.05, 3.63) is 81.5 Å². The summed E-state index contributed by atoms with van der Waals surface area (Å²) in [5.41, 5.74) is 2.33. The molecule has 0 aliphatic carbocycles. The highest BCUT2D eigenvalue weighted by Gasteiger charge is 2.12. The number of halogens is 2. The third kappa shape index (κ3) is 5.98. The Morgan fingerprint density at radius 3 is 2.63 bits per heavy atom. The topological polar surface area (TPSA) is 89.2 Å². The molecule has 0 unspecified atom stereocenters. The molecule has 7 nitrogen and oxygen atoms in total. The van der Waals surface area contributed by atoms with E-state index in [1.807, 2.05) is 19.1 Å². The van der Waals surface area contributed by atoms with Crippen molar-refractivity contribution in [2.24, 2.45) is 0 Å². The van der Waals surface area contributed by atoms with Crippen molar-refractivity contribution in [2.75, 3.05) is 6.54 Å². The summed E-state index contributed by atoms with van der Waals surface area (Å²) in [6.07, 6.45) is 4.43. The molecule has 30 heavy (non-hydrogen) atoms. The molecule has 156 valence electrons. The van der Waals surface area contributed by atoms with Crippen LogP contribution in [0.2, 0.25) is 10.2 Å². The fourth-order valence-electron chi connectivity index (χ4n) is 2.67. The number of hydrogen-bond donors (Lipinski definition) is 2. The lowest BCUT2D eigenvalue weighted by Gasteiger charge is -2.04. The van der Waals surface area contributed by atoms with Gasteiger partial charge in [-0.1, -0.05) is 35.3 Å². The Kier molecular flexibility index (Phi) is 7.32. The zero-order valence-corrected chi connectivity index (χ0v) is 17.7. The number of amides is 2. The van der Waals surface area contributed by atoms with E-state index in [-0.39, 0.29) is 19.0 Å². The van der Waals surface area contributed by atoms with Gasteiger partial charge in [0.2, 0.25) is 11.8 Å². The number of rotatable bonds is 8. The summed E-state index contributed by atoms with van der Waals surface area (Å²) in [5, 5.41) is 10.7. The Morgan fingerprint density at radius 2 is 1.93 bits per heavy atom. The number of aryl methyl sites for hydroxylation is 1. The van der Waals surface area contributed by atoms with Crippen molar-refractivity contribution in [3.63, 3.8) is 0 Å². The van der Waals surface area contributed by atoms with Crippen molar-refractivity contribution in [1.82, 2.24) is 20.4 Å². The lowest BCUT2D eigenvalue weighted by Crippen LogP contribution is -2.35. The molecule has 0 bridgehead atoms. The van der Waals surface area contributed by atoms with Crippen LogP contribution in [0.5, 0.6) is 0 Å². The van der Waals surface area contributed by atoms with Crippen LogP contribution in [0.4, 0.5) is 0 Å². The van der Waals surface area contributed by atoms with E-state index in [0.29, 0.717) is 33.7 Å². The fraction of sp³-hybridized carbons (Fsp3) is 0.190. The summed E-state index contributed by atoms with van der Waals surface area (Å²) in [6, 6.07) is 10.9. The van der Waals surface area contributed by atoms with Gasteiger partial charge in [-0.05, 0) is 42.8 Å². The Hall–Kier alpha value is -3.03. The van der Waals surface area contributed by atoms with E-state index in [9.17, 15) is 9.59 Å². The molecule has 0 atom stereocenters. The van der Waals surface area contributed by atoms with Crippen LogP contribution in [-0.2, 0) is 22.7 Å². The predicted octanol–water partition coefficient (Wildman–Crippen LogP) is 3.59. The standard InChI is InChI=1S/C21H20Cl2N4O3/c1-14-18(21(23)27(26-14)13-15-4-6-16(22)7-5-15)8-9-19(28)25-12-20(29)24-11-17-3-2-10-30-17/h2-10H,11-13H2,1H3,(H,24,29)(H,25,28)/b9-8+. The van der Waals surface area contributed by atoms with Gasteiger partial charge in [-0.15, -0.1) is 0 Å². The number of carbonyl (C=O) groups is 2. The zero-order chi connectivity index (χ0) is 21.5. The Labute approximate surface area is 183 Å². The van der Waals surface area contributed by atoms with Gasteiger partial charge in [-0.2, -0.15) is 5.10 Å². The highest BCUT2D eigenvalue weighted by molar-refractivity contribution is 6.31. The second-order valence-electron chi connectivity index (χ2n) is 6.48. The van der Waals surface area contributed by atoms with Gasteiger partial charge >= 0.3 is 0 Å². The molecule has 0 aliphatic heterocycles. The highest BCUT2D eigenvalue weighted by atomic mass is 35.5. The Balaban J connectivity index is 1.53. The molecular weight excluding hydrogens is 427 g/mol. The molecule has 2 heterocycles. The van der Waals surface area contributed by atoms with E-state index < -0.39 is 5.91 Å². The van der Waals surface area contributed by atoms with Crippen LogP contribution in [-0.4, -0.2) is 28.1 Å². The van der Waals surface area contributed by atoms with Crippen molar-refractivity contribution < 1.29 is 14.0 Å². The first-order valence-corrected chi connectivity index (χ1v) is 9.90. The third-order valence-electron chi connectivity index (χ3n) is 4.22. The predicted molar refractivity (Wildman–Crippen MR) is 115 cm³/mol. The molecule has 0 spiro atoms. The number of hydrogen-bond acceptors (Lipinski definition) is 4. The lowest BCUT2D eigenvalue weighted by atomic mass is 10.2. The van der Waals surface area contributed by atoms with E-state index in [0.717, 1.165) is 5.56 Å². The molecule has 0 fully saturated rings. The maximum atomic E-state index is 12.0. The third-order valence-corrected chi connectivity index (χ3v) is 4.87. The average molecular weight is 447 g/mol. The molecule has 3 rings (SSSR count). The quantitative estimate of drug-likeness (QED) is 0.517. The van der Waals surface area contributed by atoms with Gasteiger partial charge in [0.15, 0.2) is 0 Å². The second kappa shape index (κ2) is 10.1. The highest BCUT2D eigenvalue weighted by Crippen LogP contribution is 2.22. The maximum absolute atomic E-state index is 12.0. The molecule has 3 aromatic rings. The van der Waals surface area contributed by atoms with Gasteiger partial charge in [0.25, 0.3) is 0 Å². The van der Waals surface area contributed by atoms with Crippen LogP contribution < -0.4 is 10.6 Å². The molecule has 2 N–H and O–H groups in total. The van der Waals surface area contributed by atoms with Gasteiger partial charge in [0.1, 0.15) is 10.9 Å². The van der Waals surface area contributed by atoms with Crippen molar-refractivity contribution in [1.29, 1.82) is 0 Å². The number of nitrogens with zero attached hydrogens (tertiary/aromatic N) is 2. The smallest absolute Gasteiger partial charge is 0.244 e. The summed E-state index contributed by atoms with van der Waals surface area (Å²) in [4.78, 5) is 23.8. The second-order valence-corrected chi connectivity index (χ2v) is 7.28. The normalized spacial score (nSPS) is 11.0. The molecule has 9 heteroatoms. The number of furan rings is 1. The first-order chi connectivity index (χ1) is 14.4. The fourth-order valence-corrected chi connectivity index (χ4v) is 3.09. The van der Waals surface area contributed by atoms with Crippen molar-refractivity contribution in [2.45, 2.75) is 20.0 Å². The number of nitrogens with one attached hydrogen (secondary N) is 2. The van der Waals surface area contributed by atoms with E-state index in [2.05, 4.69) is 15.7 Å². The minimum atomic E-state index is -0.413. The first kappa shape index (κ1) is 21.7. The van der Waals surface area contributed by atoms with Gasteiger partial charge < -0.3 is 15.1 Å². The monoisotopic (exact) mass is 446 g/mol. The number of benzene rings is 1. The van der Waals surface area contributed by atoms with E-state index >= 15 is 0 Å². The molecule has 0 aliphatic rings. The zero-order valence-electron chi connectivity index (χ0n) is 16.2.